The van der Waals surface area contributed by atoms with Crippen molar-refractivity contribution >= 4 is 5.97 Å². The Morgan fingerprint density at radius 3 is 2.40 bits per heavy atom. The Bertz CT molecular complexity index is 327. The molecule has 1 aliphatic heterocycles. The minimum absolute atomic E-state index is 0.0577. The largest absolute Gasteiger partial charge is 0.462 e. The minimum atomic E-state index is -1.65. The van der Waals surface area contributed by atoms with Crippen molar-refractivity contribution in [3.63, 3.8) is 0 Å². The van der Waals surface area contributed by atoms with Crippen LogP contribution in [0.5, 0.6) is 0 Å². The van der Waals surface area contributed by atoms with Gasteiger partial charge in [0, 0.05) is 0 Å². The second-order valence-corrected chi connectivity index (χ2v) is 5.08. The third-order valence-electron chi connectivity index (χ3n) is 3.61. The summed E-state index contributed by atoms with van der Waals surface area (Å²) in [5, 5.41) is 37.8. The van der Waals surface area contributed by atoms with Gasteiger partial charge in [0.05, 0.1) is 0 Å². The summed E-state index contributed by atoms with van der Waals surface area (Å²) in [4.78, 5) is 11.7. The van der Waals surface area contributed by atoms with E-state index >= 15 is 0 Å². The topological polar surface area (TPSA) is 142 Å². The summed E-state index contributed by atoms with van der Waals surface area (Å²) >= 11 is 0. The van der Waals surface area contributed by atoms with Crippen LogP contribution in [0.4, 0.5) is 0 Å². The van der Waals surface area contributed by atoms with Crippen LogP contribution in [0.3, 0.4) is 0 Å². The van der Waals surface area contributed by atoms with Crippen LogP contribution in [-0.2, 0) is 14.3 Å². The van der Waals surface area contributed by atoms with E-state index in [2.05, 4.69) is 0 Å². The Hall–Kier alpha value is -0.770. The molecule has 0 aromatic rings. The van der Waals surface area contributed by atoms with Crippen molar-refractivity contribution in [2.24, 2.45) is 11.7 Å². The molecule has 0 amide bonds. The average molecular weight is 293 g/mol. The number of aliphatic hydroxyl groups excluding tert-OH is 4. The van der Waals surface area contributed by atoms with Gasteiger partial charge in [0.25, 0.3) is 0 Å². The molecule has 0 aromatic carbocycles. The lowest BCUT2D eigenvalue weighted by Gasteiger charge is -2.38. The fourth-order valence-corrected chi connectivity index (χ4v) is 1.82. The number of hydrogen-bond acceptors (Lipinski definition) is 8. The van der Waals surface area contributed by atoms with Crippen LogP contribution in [0.1, 0.15) is 20.3 Å². The summed E-state index contributed by atoms with van der Waals surface area (Å²) in [5.74, 6) is -0.706. The molecule has 8 nitrogen and oxygen atoms in total. The summed E-state index contributed by atoms with van der Waals surface area (Å²) in [6, 6.07) is -0.791. The molecular formula is C12H23NO7. The van der Waals surface area contributed by atoms with Crippen molar-refractivity contribution < 1.29 is 34.7 Å². The first-order chi connectivity index (χ1) is 9.29. The van der Waals surface area contributed by atoms with Gasteiger partial charge in [-0.15, -0.1) is 0 Å². The van der Waals surface area contributed by atoms with Gasteiger partial charge in [0.2, 0.25) is 0 Å². The molecule has 1 rings (SSSR count). The van der Waals surface area contributed by atoms with Crippen molar-refractivity contribution in [2.75, 3.05) is 6.61 Å². The highest BCUT2D eigenvalue weighted by atomic mass is 16.6. The van der Waals surface area contributed by atoms with E-state index in [1.807, 2.05) is 13.8 Å². The van der Waals surface area contributed by atoms with Gasteiger partial charge in [-0.1, -0.05) is 20.3 Å². The van der Waals surface area contributed by atoms with E-state index in [1.165, 1.54) is 0 Å². The Labute approximate surface area is 117 Å². The van der Waals surface area contributed by atoms with Crippen molar-refractivity contribution in [2.45, 2.75) is 57.0 Å². The molecule has 0 aromatic heterocycles. The fraction of sp³-hybridized carbons (Fsp3) is 0.917. The Morgan fingerprint density at radius 1 is 1.25 bits per heavy atom. The molecule has 118 valence electrons. The molecule has 8 heteroatoms. The normalized spacial score (nSPS) is 37.2. The predicted octanol–water partition coefficient (Wildman–Crippen LogP) is -2.30. The molecular weight excluding hydrogens is 270 g/mol. The van der Waals surface area contributed by atoms with Crippen molar-refractivity contribution in [1.82, 2.24) is 0 Å². The van der Waals surface area contributed by atoms with Crippen LogP contribution >= 0.6 is 0 Å². The number of ether oxygens (including phenoxy) is 2. The number of carbonyl (C=O) groups is 1. The predicted molar refractivity (Wildman–Crippen MR) is 67.3 cm³/mol. The summed E-state index contributed by atoms with van der Waals surface area (Å²) in [7, 11) is 0. The van der Waals surface area contributed by atoms with Gasteiger partial charge < -0.3 is 35.6 Å². The van der Waals surface area contributed by atoms with E-state index in [1.54, 1.807) is 0 Å². The summed E-state index contributed by atoms with van der Waals surface area (Å²) in [6.45, 7) is 3.33. The zero-order chi connectivity index (χ0) is 15.4. The van der Waals surface area contributed by atoms with Crippen molar-refractivity contribution in [3.8, 4) is 0 Å². The molecule has 20 heavy (non-hydrogen) atoms. The summed E-state index contributed by atoms with van der Waals surface area (Å²) < 4.78 is 9.79. The standard InChI is InChI=1S/C12H23NO7/c1-3-5(2)7(13)11(17)19-4-6-8(14)9(15)10(16)12(18)20-6/h5-10,12,14-16,18H,3-4,13H2,1-2H3/t5-,6+,7-,8+,9-,10+,12?/m0/s1. The maximum Gasteiger partial charge on any atom is 0.323 e. The molecule has 7 atom stereocenters. The van der Waals surface area contributed by atoms with Crippen LogP contribution in [0.15, 0.2) is 0 Å². The first kappa shape index (κ1) is 17.3. The lowest BCUT2D eigenvalue weighted by molar-refractivity contribution is -0.287. The Morgan fingerprint density at radius 2 is 1.85 bits per heavy atom. The highest BCUT2D eigenvalue weighted by molar-refractivity contribution is 5.75. The SMILES string of the molecule is CC[C@H](C)[C@H](N)C(=O)OC[C@H]1OC(O)[C@H](O)[C@@H](O)[C@@H]1O. The number of esters is 1. The molecule has 0 saturated carbocycles. The number of rotatable bonds is 5. The lowest BCUT2D eigenvalue weighted by Crippen LogP contribution is -2.58. The molecule has 1 aliphatic rings. The second kappa shape index (κ2) is 7.30. The van der Waals surface area contributed by atoms with E-state index in [0.29, 0.717) is 6.42 Å². The van der Waals surface area contributed by atoms with Gasteiger partial charge in [-0.05, 0) is 5.92 Å². The monoisotopic (exact) mass is 293 g/mol. The van der Waals surface area contributed by atoms with Crippen LogP contribution in [0, 0.1) is 5.92 Å². The van der Waals surface area contributed by atoms with Crippen LogP contribution in [-0.4, -0.2) is 69.8 Å². The molecule has 1 saturated heterocycles. The smallest absolute Gasteiger partial charge is 0.323 e. The first-order valence-corrected chi connectivity index (χ1v) is 6.59. The fourth-order valence-electron chi connectivity index (χ4n) is 1.82. The number of nitrogens with two attached hydrogens (primary N) is 1. The van der Waals surface area contributed by atoms with Crippen LogP contribution < -0.4 is 5.73 Å². The van der Waals surface area contributed by atoms with Gasteiger partial charge in [-0.2, -0.15) is 0 Å². The highest BCUT2D eigenvalue weighted by Crippen LogP contribution is 2.20. The van der Waals surface area contributed by atoms with E-state index in [-0.39, 0.29) is 12.5 Å². The quantitative estimate of drug-likeness (QED) is 0.356. The average Bonchev–Trinajstić information content (AvgIpc) is 2.45. The maximum atomic E-state index is 11.7. The highest BCUT2D eigenvalue weighted by Gasteiger charge is 2.43. The van der Waals surface area contributed by atoms with Crippen molar-refractivity contribution in [1.29, 1.82) is 0 Å². The Balaban J connectivity index is 2.51. The molecule has 0 radical (unpaired) electrons. The molecule has 0 bridgehead atoms. The number of carbonyl (C=O) groups excluding carboxylic acids is 1. The maximum absolute atomic E-state index is 11.7. The zero-order valence-corrected chi connectivity index (χ0v) is 11.5. The molecule has 1 heterocycles. The number of aliphatic hydroxyl groups is 4. The summed E-state index contributed by atoms with van der Waals surface area (Å²) in [6.07, 6.45) is -6.73. The second-order valence-electron chi connectivity index (χ2n) is 5.08. The first-order valence-electron chi connectivity index (χ1n) is 6.59. The molecule has 6 N–H and O–H groups in total. The van der Waals surface area contributed by atoms with E-state index in [4.69, 9.17) is 15.2 Å². The third kappa shape index (κ3) is 3.87. The molecule has 0 aliphatic carbocycles. The molecule has 1 fully saturated rings. The van der Waals surface area contributed by atoms with Gasteiger partial charge >= 0.3 is 5.97 Å². The van der Waals surface area contributed by atoms with Crippen molar-refractivity contribution in [3.05, 3.63) is 0 Å². The lowest BCUT2D eigenvalue weighted by atomic mass is 9.99. The summed E-state index contributed by atoms with van der Waals surface area (Å²) in [5.41, 5.74) is 5.68. The number of hydrogen-bond donors (Lipinski definition) is 5. The van der Waals surface area contributed by atoms with Crippen LogP contribution in [0.25, 0.3) is 0 Å². The Kier molecular flexibility index (Phi) is 6.31. The van der Waals surface area contributed by atoms with Gasteiger partial charge in [0.15, 0.2) is 6.29 Å². The minimum Gasteiger partial charge on any atom is -0.462 e. The van der Waals surface area contributed by atoms with Gasteiger partial charge in [-0.3, -0.25) is 4.79 Å². The zero-order valence-electron chi connectivity index (χ0n) is 11.5. The van der Waals surface area contributed by atoms with Gasteiger partial charge in [-0.25, -0.2) is 0 Å². The van der Waals surface area contributed by atoms with E-state index < -0.39 is 42.7 Å². The van der Waals surface area contributed by atoms with Crippen LogP contribution in [0.2, 0.25) is 0 Å². The molecule has 1 unspecified atom stereocenters. The van der Waals surface area contributed by atoms with E-state index in [0.717, 1.165) is 0 Å². The van der Waals surface area contributed by atoms with E-state index in [9.17, 15) is 25.2 Å². The van der Waals surface area contributed by atoms with Gasteiger partial charge in [0.1, 0.15) is 37.1 Å². The third-order valence-corrected chi connectivity index (χ3v) is 3.61. The molecule has 0 spiro atoms.